The molecule has 0 bridgehead atoms. The highest BCUT2D eigenvalue weighted by Gasteiger charge is 2.14. The summed E-state index contributed by atoms with van der Waals surface area (Å²) in [7, 11) is 0. The fraction of sp³-hybridized carbons (Fsp3) is 0.200. The molecule has 0 aliphatic carbocycles. The van der Waals surface area contributed by atoms with Crippen LogP contribution in [0.4, 0.5) is 4.39 Å². The Hall–Kier alpha value is -1.55. The monoisotopic (exact) mass is 323 g/mol. The minimum atomic E-state index is -0.324. The van der Waals surface area contributed by atoms with Gasteiger partial charge in [0.15, 0.2) is 17.7 Å². The van der Waals surface area contributed by atoms with E-state index >= 15 is 0 Å². The van der Waals surface area contributed by atoms with Crippen LogP contribution >= 0.6 is 0 Å². The van der Waals surface area contributed by atoms with Crippen LogP contribution in [0, 0.1) is 5.82 Å². The average Bonchev–Trinajstić information content (AvgIpc) is 2.40. The van der Waals surface area contributed by atoms with Crippen LogP contribution in [0.15, 0.2) is 48.7 Å². The Bertz CT molecular complexity index is 554. The van der Waals surface area contributed by atoms with Crippen molar-refractivity contribution in [3.63, 3.8) is 0 Å². The highest BCUT2D eigenvalue weighted by atomic mass is 79.9. The van der Waals surface area contributed by atoms with Crippen LogP contribution in [0.1, 0.15) is 23.0 Å². The third-order valence-corrected chi connectivity index (χ3v) is 2.88. The number of pyridine rings is 1. The summed E-state index contributed by atoms with van der Waals surface area (Å²) in [5.74, 6) is -0.321. The zero-order chi connectivity index (χ0) is 13.0. The summed E-state index contributed by atoms with van der Waals surface area (Å²) >= 11 is 0. The molecular formula is C15H15BrFNO. The molecule has 4 heteroatoms. The molecular weight excluding hydrogens is 309 g/mol. The average molecular weight is 324 g/mol. The van der Waals surface area contributed by atoms with Crippen molar-refractivity contribution < 1.29 is 30.7 Å². The van der Waals surface area contributed by atoms with Gasteiger partial charge in [0.25, 0.3) is 0 Å². The number of benzene rings is 1. The summed E-state index contributed by atoms with van der Waals surface area (Å²) in [5, 5.41) is 0. The van der Waals surface area contributed by atoms with Gasteiger partial charge < -0.3 is 17.0 Å². The van der Waals surface area contributed by atoms with Gasteiger partial charge in [-0.05, 0) is 31.2 Å². The molecule has 0 fully saturated rings. The van der Waals surface area contributed by atoms with Crippen molar-refractivity contribution in [2.75, 3.05) is 0 Å². The first-order chi connectivity index (χ1) is 8.70. The van der Waals surface area contributed by atoms with Gasteiger partial charge in [-0.1, -0.05) is 6.07 Å². The van der Waals surface area contributed by atoms with Gasteiger partial charge in [0.1, 0.15) is 12.4 Å². The molecule has 0 unspecified atom stereocenters. The molecule has 0 saturated heterocycles. The first kappa shape index (κ1) is 15.5. The fourth-order valence-corrected chi connectivity index (χ4v) is 1.88. The second-order valence-electron chi connectivity index (χ2n) is 4.08. The number of carbonyl (C=O) groups excluding carboxylic acids is 1. The van der Waals surface area contributed by atoms with E-state index in [-0.39, 0.29) is 28.6 Å². The Morgan fingerprint density at radius 1 is 1.16 bits per heavy atom. The van der Waals surface area contributed by atoms with E-state index in [1.807, 2.05) is 35.9 Å². The van der Waals surface area contributed by atoms with Crippen molar-refractivity contribution in [1.29, 1.82) is 0 Å². The van der Waals surface area contributed by atoms with Crippen LogP contribution in [-0.4, -0.2) is 5.78 Å². The number of carbonyl (C=O) groups is 1. The lowest BCUT2D eigenvalue weighted by atomic mass is 10.1. The maximum Gasteiger partial charge on any atom is 0.189 e. The van der Waals surface area contributed by atoms with Gasteiger partial charge in [-0.3, -0.25) is 4.79 Å². The minimum Gasteiger partial charge on any atom is -1.00 e. The Labute approximate surface area is 122 Å². The predicted molar refractivity (Wildman–Crippen MR) is 66.7 cm³/mol. The van der Waals surface area contributed by atoms with Crippen LogP contribution in [-0.2, 0) is 13.0 Å². The van der Waals surface area contributed by atoms with Gasteiger partial charge >= 0.3 is 0 Å². The molecule has 100 valence electrons. The lowest BCUT2D eigenvalue weighted by Gasteiger charge is -2.02. The summed E-state index contributed by atoms with van der Waals surface area (Å²) in [5.41, 5.74) is 1.51. The smallest absolute Gasteiger partial charge is 0.189 e. The van der Waals surface area contributed by atoms with Crippen molar-refractivity contribution in [3.8, 4) is 0 Å². The SMILES string of the molecule is CC[n+]1ccccc1CC(=O)c1ccc(F)cc1.[Br-]. The van der Waals surface area contributed by atoms with E-state index < -0.39 is 0 Å². The summed E-state index contributed by atoms with van der Waals surface area (Å²) in [4.78, 5) is 12.1. The van der Waals surface area contributed by atoms with Crippen molar-refractivity contribution >= 4 is 5.78 Å². The van der Waals surface area contributed by atoms with Crippen LogP contribution in [0.25, 0.3) is 0 Å². The van der Waals surface area contributed by atoms with Crippen LogP contribution < -0.4 is 21.5 Å². The van der Waals surface area contributed by atoms with Crippen molar-refractivity contribution in [2.24, 2.45) is 0 Å². The Balaban J connectivity index is 0.00000180. The highest BCUT2D eigenvalue weighted by Crippen LogP contribution is 2.06. The molecule has 2 rings (SSSR count). The number of aromatic nitrogens is 1. The summed E-state index contributed by atoms with van der Waals surface area (Å²) in [6.07, 6.45) is 2.29. The van der Waals surface area contributed by atoms with E-state index in [2.05, 4.69) is 0 Å². The Kier molecular flexibility index (Phi) is 5.83. The minimum absolute atomic E-state index is 0. The molecule has 0 radical (unpaired) electrons. The van der Waals surface area contributed by atoms with E-state index in [4.69, 9.17) is 0 Å². The van der Waals surface area contributed by atoms with Crippen molar-refractivity contribution in [2.45, 2.75) is 19.9 Å². The van der Waals surface area contributed by atoms with Crippen LogP contribution in [0.2, 0.25) is 0 Å². The third kappa shape index (κ3) is 3.96. The van der Waals surface area contributed by atoms with Gasteiger partial charge in [-0.25, -0.2) is 8.96 Å². The van der Waals surface area contributed by atoms with Crippen molar-refractivity contribution in [1.82, 2.24) is 0 Å². The number of nitrogens with zero attached hydrogens (tertiary/aromatic N) is 1. The van der Waals surface area contributed by atoms with Gasteiger partial charge in [-0.15, -0.1) is 0 Å². The highest BCUT2D eigenvalue weighted by molar-refractivity contribution is 5.97. The number of ketones is 1. The molecule has 0 atom stereocenters. The molecule has 0 N–H and O–H groups in total. The molecule has 1 aromatic carbocycles. The molecule has 0 spiro atoms. The van der Waals surface area contributed by atoms with E-state index in [1.165, 1.54) is 24.3 Å². The van der Waals surface area contributed by atoms with Crippen molar-refractivity contribution in [3.05, 3.63) is 65.7 Å². The maximum absolute atomic E-state index is 12.8. The van der Waals surface area contributed by atoms with Gasteiger partial charge in [0.2, 0.25) is 0 Å². The van der Waals surface area contributed by atoms with Crippen LogP contribution in [0.3, 0.4) is 0 Å². The normalized spacial score (nSPS) is 9.79. The molecule has 0 saturated carbocycles. The Morgan fingerprint density at radius 3 is 2.47 bits per heavy atom. The fourth-order valence-electron chi connectivity index (χ4n) is 1.88. The number of halogens is 2. The number of rotatable bonds is 4. The molecule has 2 nitrogen and oxygen atoms in total. The molecule has 0 amide bonds. The molecule has 1 heterocycles. The second kappa shape index (κ2) is 7.14. The first-order valence-electron chi connectivity index (χ1n) is 5.97. The third-order valence-electron chi connectivity index (χ3n) is 2.88. The van der Waals surface area contributed by atoms with Gasteiger partial charge in [-0.2, -0.15) is 0 Å². The number of hydrogen-bond acceptors (Lipinski definition) is 1. The zero-order valence-corrected chi connectivity index (χ0v) is 12.2. The number of Topliss-reactive ketones (excluding diaryl/α,β-unsaturated/α-hetero) is 1. The molecule has 0 aliphatic rings. The lowest BCUT2D eigenvalue weighted by Crippen LogP contribution is -3.00. The first-order valence-corrected chi connectivity index (χ1v) is 5.97. The second-order valence-corrected chi connectivity index (χ2v) is 4.08. The quantitative estimate of drug-likeness (QED) is 0.552. The summed E-state index contributed by atoms with van der Waals surface area (Å²) < 4.78 is 14.8. The molecule has 2 aromatic rings. The lowest BCUT2D eigenvalue weighted by molar-refractivity contribution is -0.700. The van der Waals surface area contributed by atoms with E-state index in [9.17, 15) is 9.18 Å². The maximum atomic E-state index is 12.8. The zero-order valence-electron chi connectivity index (χ0n) is 10.6. The molecule has 0 aliphatic heterocycles. The standard InChI is InChI=1S/C15H15FNO.BrH/c1-2-17-10-4-3-5-14(17)11-15(18)12-6-8-13(16)9-7-12;/h3-10H,2,11H2,1H3;1H/q+1;/p-1. The molecule has 1 aromatic heterocycles. The summed E-state index contributed by atoms with van der Waals surface area (Å²) in [6, 6.07) is 11.5. The number of hydrogen-bond donors (Lipinski definition) is 0. The van der Waals surface area contributed by atoms with Crippen LogP contribution in [0.5, 0.6) is 0 Å². The van der Waals surface area contributed by atoms with E-state index in [0.29, 0.717) is 12.0 Å². The molecule has 19 heavy (non-hydrogen) atoms. The Morgan fingerprint density at radius 2 is 1.84 bits per heavy atom. The predicted octanol–water partition coefficient (Wildman–Crippen LogP) is -0.437. The van der Waals surface area contributed by atoms with Gasteiger partial charge in [0, 0.05) is 17.7 Å². The van der Waals surface area contributed by atoms with E-state index in [1.54, 1.807) is 0 Å². The van der Waals surface area contributed by atoms with E-state index in [0.717, 1.165) is 12.2 Å². The van der Waals surface area contributed by atoms with Gasteiger partial charge in [0.05, 0.1) is 6.42 Å². The summed E-state index contributed by atoms with van der Waals surface area (Å²) in [6.45, 7) is 2.86. The number of aryl methyl sites for hydroxylation is 1. The largest absolute Gasteiger partial charge is 1.00 e. The topological polar surface area (TPSA) is 20.9 Å².